The van der Waals surface area contributed by atoms with Crippen LogP contribution in [0.5, 0.6) is 5.75 Å². The maximum atomic E-state index is 12.0. The summed E-state index contributed by atoms with van der Waals surface area (Å²) in [6, 6.07) is 8.60. The van der Waals surface area contributed by atoms with Gasteiger partial charge in [0.05, 0.1) is 24.4 Å². The molecule has 1 saturated heterocycles. The van der Waals surface area contributed by atoms with Crippen LogP contribution in [0.1, 0.15) is 10.4 Å². The lowest BCUT2D eigenvalue weighted by Crippen LogP contribution is -2.11. The standard InChI is InChI=1S/C16H15ClN2O4/c1-21-16(20)11-4-2-6-13(14(11)23-9-10-8-22-10)19-15-12(17)5-3-7-18-15/h2-7,10H,8-9H2,1H3,(H,18,19)/t10-/m0/s1. The van der Waals surface area contributed by atoms with Gasteiger partial charge < -0.3 is 19.5 Å². The van der Waals surface area contributed by atoms with Crippen LogP contribution >= 0.6 is 11.6 Å². The lowest BCUT2D eigenvalue weighted by atomic mass is 10.1. The number of epoxide rings is 1. The van der Waals surface area contributed by atoms with Gasteiger partial charge in [0.2, 0.25) is 0 Å². The third kappa shape index (κ3) is 3.72. The van der Waals surface area contributed by atoms with E-state index in [-0.39, 0.29) is 6.10 Å². The van der Waals surface area contributed by atoms with Crippen LogP contribution in [0, 0.1) is 0 Å². The normalized spacial score (nSPS) is 15.8. The summed E-state index contributed by atoms with van der Waals surface area (Å²) in [5.74, 6) is 0.382. The summed E-state index contributed by atoms with van der Waals surface area (Å²) in [6.45, 7) is 1.02. The molecule has 0 spiro atoms. The Balaban J connectivity index is 1.93. The summed E-state index contributed by atoms with van der Waals surface area (Å²) < 4.78 is 15.7. The van der Waals surface area contributed by atoms with Crippen LogP contribution in [0.3, 0.4) is 0 Å². The topological polar surface area (TPSA) is 73.0 Å². The molecule has 1 N–H and O–H groups in total. The number of rotatable bonds is 6. The van der Waals surface area contributed by atoms with Crippen molar-refractivity contribution in [3.05, 3.63) is 47.1 Å². The predicted molar refractivity (Wildman–Crippen MR) is 85.5 cm³/mol. The van der Waals surface area contributed by atoms with E-state index in [9.17, 15) is 4.79 Å². The van der Waals surface area contributed by atoms with Crippen molar-refractivity contribution in [2.45, 2.75) is 6.10 Å². The number of carbonyl (C=O) groups excluding carboxylic acids is 1. The second-order valence-electron chi connectivity index (χ2n) is 4.90. The van der Waals surface area contributed by atoms with Crippen LogP contribution in [0.2, 0.25) is 5.02 Å². The summed E-state index contributed by atoms with van der Waals surface area (Å²) in [5, 5.41) is 3.55. The van der Waals surface area contributed by atoms with Crippen molar-refractivity contribution in [2.75, 3.05) is 25.6 Å². The van der Waals surface area contributed by atoms with Gasteiger partial charge in [-0.25, -0.2) is 9.78 Å². The Labute approximate surface area is 138 Å². The zero-order valence-electron chi connectivity index (χ0n) is 12.4. The van der Waals surface area contributed by atoms with E-state index in [0.29, 0.717) is 41.1 Å². The Bertz CT molecular complexity index is 719. The molecule has 1 atom stereocenters. The fraction of sp³-hybridized carbons (Fsp3) is 0.250. The summed E-state index contributed by atoms with van der Waals surface area (Å²) in [6.07, 6.45) is 1.68. The van der Waals surface area contributed by atoms with Gasteiger partial charge in [-0.3, -0.25) is 0 Å². The van der Waals surface area contributed by atoms with Gasteiger partial charge in [0.25, 0.3) is 0 Å². The third-order valence-corrected chi connectivity index (χ3v) is 3.55. The number of benzene rings is 1. The van der Waals surface area contributed by atoms with E-state index >= 15 is 0 Å². The highest BCUT2D eigenvalue weighted by atomic mass is 35.5. The Morgan fingerprint density at radius 2 is 2.26 bits per heavy atom. The average molecular weight is 335 g/mol. The zero-order valence-corrected chi connectivity index (χ0v) is 13.2. The number of para-hydroxylation sites is 1. The molecule has 6 nitrogen and oxygen atoms in total. The molecule has 7 heteroatoms. The van der Waals surface area contributed by atoms with Crippen LogP contribution in [0.15, 0.2) is 36.5 Å². The molecule has 1 aliphatic rings. The van der Waals surface area contributed by atoms with Gasteiger partial charge in [0, 0.05) is 6.20 Å². The van der Waals surface area contributed by atoms with Gasteiger partial charge in [0.15, 0.2) is 5.75 Å². The molecule has 2 aromatic rings. The number of nitrogens with zero attached hydrogens (tertiary/aromatic N) is 1. The molecule has 0 aliphatic carbocycles. The molecule has 1 aliphatic heterocycles. The quantitative estimate of drug-likeness (QED) is 0.646. The van der Waals surface area contributed by atoms with Crippen LogP contribution in [0.25, 0.3) is 0 Å². The summed E-state index contributed by atoms with van der Waals surface area (Å²) in [7, 11) is 1.33. The first-order valence-electron chi connectivity index (χ1n) is 7.02. The Morgan fingerprint density at radius 1 is 1.43 bits per heavy atom. The smallest absolute Gasteiger partial charge is 0.341 e. The lowest BCUT2D eigenvalue weighted by molar-refractivity contribution is 0.0595. The van der Waals surface area contributed by atoms with Gasteiger partial charge in [-0.2, -0.15) is 0 Å². The van der Waals surface area contributed by atoms with E-state index < -0.39 is 5.97 Å². The van der Waals surface area contributed by atoms with E-state index in [1.807, 2.05) is 0 Å². The largest absolute Gasteiger partial charge is 0.488 e. The molecule has 120 valence electrons. The van der Waals surface area contributed by atoms with Crippen LogP contribution in [0.4, 0.5) is 11.5 Å². The van der Waals surface area contributed by atoms with Crippen molar-refractivity contribution >= 4 is 29.1 Å². The molecule has 0 radical (unpaired) electrons. The second-order valence-corrected chi connectivity index (χ2v) is 5.31. The van der Waals surface area contributed by atoms with Gasteiger partial charge >= 0.3 is 5.97 Å². The van der Waals surface area contributed by atoms with E-state index in [2.05, 4.69) is 10.3 Å². The molecule has 2 heterocycles. The SMILES string of the molecule is COC(=O)c1cccc(Nc2ncccc2Cl)c1OC[C@@H]1CO1. The van der Waals surface area contributed by atoms with Gasteiger partial charge in [0.1, 0.15) is 24.1 Å². The monoisotopic (exact) mass is 334 g/mol. The molecule has 0 bridgehead atoms. The van der Waals surface area contributed by atoms with Gasteiger partial charge in [-0.15, -0.1) is 0 Å². The highest BCUT2D eigenvalue weighted by Crippen LogP contribution is 2.34. The minimum Gasteiger partial charge on any atom is -0.488 e. The number of hydrogen-bond donors (Lipinski definition) is 1. The molecule has 23 heavy (non-hydrogen) atoms. The molecule has 1 aromatic carbocycles. The van der Waals surface area contributed by atoms with E-state index in [0.717, 1.165) is 0 Å². The molecule has 1 fully saturated rings. The summed E-state index contributed by atoms with van der Waals surface area (Å²) in [4.78, 5) is 16.1. The highest BCUT2D eigenvalue weighted by molar-refractivity contribution is 6.33. The van der Waals surface area contributed by atoms with Crippen molar-refractivity contribution in [1.29, 1.82) is 0 Å². The number of carbonyl (C=O) groups is 1. The van der Waals surface area contributed by atoms with Crippen molar-refractivity contribution in [2.24, 2.45) is 0 Å². The van der Waals surface area contributed by atoms with Crippen LogP contribution in [-0.2, 0) is 9.47 Å². The maximum Gasteiger partial charge on any atom is 0.341 e. The number of hydrogen-bond acceptors (Lipinski definition) is 6. The average Bonchev–Trinajstić information content (AvgIpc) is 3.39. The lowest BCUT2D eigenvalue weighted by Gasteiger charge is -2.15. The zero-order chi connectivity index (χ0) is 16.2. The Morgan fingerprint density at radius 3 is 2.96 bits per heavy atom. The number of ether oxygens (including phenoxy) is 3. The van der Waals surface area contributed by atoms with Crippen LogP contribution < -0.4 is 10.1 Å². The number of aromatic nitrogens is 1. The van der Waals surface area contributed by atoms with Gasteiger partial charge in [-0.1, -0.05) is 17.7 Å². The number of halogens is 1. The van der Waals surface area contributed by atoms with E-state index in [1.54, 1.807) is 36.5 Å². The van der Waals surface area contributed by atoms with Crippen molar-refractivity contribution < 1.29 is 19.0 Å². The highest BCUT2D eigenvalue weighted by Gasteiger charge is 2.25. The fourth-order valence-corrected chi connectivity index (χ4v) is 2.18. The van der Waals surface area contributed by atoms with E-state index in [4.69, 9.17) is 25.8 Å². The van der Waals surface area contributed by atoms with Crippen LogP contribution in [-0.4, -0.2) is 37.4 Å². The van der Waals surface area contributed by atoms with Crippen molar-refractivity contribution in [3.8, 4) is 5.75 Å². The fourth-order valence-electron chi connectivity index (χ4n) is 2.01. The summed E-state index contributed by atoms with van der Waals surface area (Å²) in [5.41, 5.74) is 0.902. The molecule has 0 amide bonds. The molecule has 0 unspecified atom stereocenters. The van der Waals surface area contributed by atoms with E-state index in [1.165, 1.54) is 7.11 Å². The number of nitrogens with one attached hydrogen (secondary N) is 1. The molecule has 0 saturated carbocycles. The maximum absolute atomic E-state index is 12.0. The Kier molecular flexibility index (Phi) is 4.64. The van der Waals surface area contributed by atoms with Gasteiger partial charge in [-0.05, 0) is 24.3 Å². The first-order valence-corrected chi connectivity index (χ1v) is 7.40. The number of anilines is 2. The molecule has 1 aromatic heterocycles. The third-order valence-electron chi connectivity index (χ3n) is 3.25. The Hall–Kier alpha value is -2.31. The number of esters is 1. The van der Waals surface area contributed by atoms with Crippen molar-refractivity contribution in [3.63, 3.8) is 0 Å². The second kappa shape index (κ2) is 6.85. The molecule has 3 rings (SSSR count). The summed E-state index contributed by atoms with van der Waals surface area (Å²) >= 11 is 6.12. The number of methoxy groups -OCH3 is 1. The predicted octanol–water partition coefficient (Wildman–Crippen LogP) is 3.04. The minimum atomic E-state index is -0.479. The molecular formula is C16H15ClN2O4. The minimum absolute atomic E-state index is 0.0620. The first kappa shape index (κ1) is 15.6. The van der Waals surface area contributed by atoms with Crippen molar-refractivity contribution in [1.82, 2.24) is 4.98 Å². The first-order chi connectivity index (χ1) is 11.2. The number of pyridine rings is 1. The molecular weight excluding hydrogens is 320 g/mol.